The van der Waals surface area contributed by atoms with E-state index in [4.69, 9.17) is 5.73 Å². The van der Waals surface area contributed by atoms with Crippen LogP contribution in [0.4, 0.5) is 11.4 Å². The van der Waals surface area contributed by atoms with Crippen LogP contribution in [-0.2, 0) is 0 Å². The summed E-state index contributed by atoms with van der Waals surface area (Å²) in [6.45, 7) is 6.82. The molecular formula is C15H24N2. The van der Waals surface area contributed by atoms with E-state index in [9.17, 15) is 0 Å². The average Bonchev–Trinajstić information content (AvgIpc) is 2.30. The zero-order valence-corrected chi connectivity index (χ0v) is 11.2. The molecule has 0 aromatic heterocycles. The fourth-order valence-electron chi connectivity index (χ4n) is 2.78. The molecule has 1 fully saturated rings. The van der Waals surface area contributed by atoms with Crippen molar-refractivity contribution in [3.63, 3.8) is 0 Å². The van der Waals surface area contributed by atoms with Crippen LogP contribution in [0.5, 0.6) is 0 Å². The normalized spacial score (nSPS) is 29.0. The van der Waals surface area contributed by atoms with Crippen LogP contribution in [0.1, 0.15) is 38.7 Å². The lowest BCUT2D eigenvalue weighted by Crippen LogP contribution is -2.35. The van der Waals surface area contributed by atoms with Crippen molar-refractivity contribution in [2.24, 2.45) is 11.8 Å². The summed E-state index contributed by atoms with van der Waals surface area (Å²) in [7, 11) is 0. The molecule has 2 heteroatoms. The molecule has 2 rings (SSSR count). The van der Waals surface area contributed by atoms with Gasteiger partial charge in [0.25, 0.3) is 0 Å². The molecule has 0 heterocycles. The smallest absolute Gasteiger partial charge is 0.0578 e. The monoisotopic (exact) mass is 232 g/mol. The third-order valence-corrected chi connectivity index (χ3v) is 4.26. The van der Waals surface area contributed by atoms with E-state index in [-0.39, 0.29) is 0 Å². The minimum atomic E-state index is 0.572. The molecular weight excluding hydrogens is 208 g/mol. The van der Waals surface area contributed by atoms with Crippen LogP contribution in [-0.4, -0.2) is 6.04 Å². The summed E-state index contributed by atoms with van der Waals surface area (Å²) >= 11 is 0. The summed E-state index contributed by atoms with van der Waals surface area (Å²) in [5.41, 5.74) is 9.26. The topological polar surface area (TPSA) is 38.0 Å². The van der Waals surface area contributed by atoms with E-state index in [0.29, 0.717) is 6.04 Å². The summed E-state index contributed by atoms with van der Waals surface area (Å²) in [4.78, 5) is 0. The molecule has 1 aromatic rings. The van der Waals surface area contributed by atoms with Crippen LogP contribution in [0, 0.1) is 18.8 Å². The van der Waals surface area contributed by atoms with E-state index in [0.717, 1.165) is 23.2 Å². The second-order valence-electron chi connectivity index (χ2n) is 5.61. The third kappa shape index (κ3) is 2.74. The van der Waals surface area contributed by atoms with Crippen molar-refractivity contribution in [1.29, 1.82) is 0 Å². The van der Waals surface area contributed by atoms with E-state index in [2.05, 4.69) is 38.2 Å². The zero-order chi connectivity index (χ0) is 12.4. The Labute approximate surface area is 105 Å². The number of aryl methyl sites for hydroxylation is 1. The standard InChI is InChI=1S/C15H24N2/c1-10-7-8-13(16)15(9-10)17-14-6-4-5-11(2)12(14)3/h7-9,11-12,14,17H,4-6,16H2,1-3H3. The second kappa shape index (κ2) is 4.99. The summed E-state index contributed by atoms with van der Waals surface area (Å²) in [6, 6.07) is 6.78. The van der Waals surface area contributed by atoms with Crippen molar-refractivity contribution in [2.75, 3.05) is 11.1 Å². The molecule has 17 heavy (non-hydrogen) atoms. The first kappa shape index (κ1) is 12.3. The molecule has 0 radical (unpaired) electrons. The van der Waals surface area contributed by atoms with Gasteiger partial charge in [-0.3, -0.25) is 0 Å². The first-order chi connectivity index (χ1) is 8.08. The molecule has 0 saturated heterocycles. The molecule has 0 bridgehead atoms. The molecule has 1 aliphatic rings. The Bertz CT molecular complexity index is 387. The highest BCUT2D eigenvalue weighted by Gasteiger charge is 2.27. The molecule has 1 aromatic carbocycles. The summed E-state index contributed by atoms with van der Waals surface area (Å²) < 4.78 is 0. The quantitative estimate of drug-likeness (QED) is 0.761. The van der Waals surface area contributed by atoms with E-state index >= 15 is 0 Å². The number of hydrogen-bond acceptors (Lipinski definition) is 2. The SMILES string of the molecule is Cc1ccc(N)c(NC2CCCC(C)C2C)c1. The largest absolute Gasteiger partial charge is 0.397 e. The highest BCUT2D eigenvalue weighted by atomic mass is 14.9. The number of hydrogen-bond donors (Lipinski definition) is 2. The molecule has 0 amide bonds. The van der Waals surface area contributed by atoms with Gasteiger partial charge in [-0.05, 0) is 42.9 Å². The molecule has 2 nitrogen and oxygen atoms in total. The first-order valence-electron chi connectivity index (χ1n) is 6.70. The number of anilines is 2. The van der Waals surface area contributed by atoms with E-state index < -0.39 is 0 Å². The average molecular weight is 232 g/mol. The third-order valence-electron chi connectivity index (χ3n) is 4.26. The van der Waals surface area contributed by atoms with Gasteiger partial charge in [-0.1, -0.05) is 32.8 Å². The maximum atomic E-state index is 6.02. The van der Waals surface area contributed by atoms with Crippen molar-refractivity contribution in [3.8, 4) is 0 Å². The minimum Gasteiger partial charge on any atom is -0.397 e. The number of rotatable bonds is 2. The van der Waals surface area contributed by atoms with Gasteiger partial charge in [0.1, 0.15) is 0 Å². The minimum absolute atomic E-state index is 0.572. The van der Waals surface area contributed by atoms with Gasteiger partial charge in [-0.2, -0.15) is 0 Å². The van der Waals surface area contributed by atoms with Crippen LogP contribution in [0.25, 0.3) is 0 Å². The summed E-state index contributed by atoms with van der Waals surface area (Å²) in [6.07, 6.45) is 3.95. The Balaban J connectivity index is 2.11. The van der Waals surface area contributed by atoms with E-state index in [1.54, 1.807) is 0 Å². The Morgan fingerprint density at radius 3 is 2.76 bits per heavy atom. The molecule has 1 aliphatic carbocycles. The predicted octanol–water partition coefficient (Wildman–Crippen LogP) is 3.81. The van der Waals surface area contributed by atoms with Gasteiger partial charge in [0.2, 0.25) is 0 Å². The van der Waals surface area contributed by atoms with Gasteiger partial charge in [-0.25, -0.2) is 0 Å². The summed E-state index contributed by atoms with van der Waals surface area (Å²) in [5.74, 6) is 1.54. The lowest BCUT2D eigenvalue weighted by atomic mass is 9.78. The van der Waals surface area contributed by atoms with Gasteiger partial charge < -0.3 is 11.1 Å². The number of nitrogens with two attached hydrogens (primary N) is 1. The van der Waals surface area contributed by atoms with Crippen molar-refractivity contribution in [3.05, 3.63) is 23.8 Å². The highest BCUT2D eigenvalue weighted by Crippen LogP contribution is 2.32. The van der Waals surface area contributed by atoms with Crippen LogP contribution in [0.2, 0.25) is 0 Å². The van der Waals surface area contributed by atoms with Gasteiger partial charge in [0.05, 0.1) is 11.4 Å². The molecule has 3 atom stereocenters. The number of benzene rings is 1. The van der Waals surface area contributed by atoms with Crippen molar-refractivity contribution in [1.82, 2.24) is 0 Å². The number of nitrogens with one attached hydrogen (secondary N) is 1. The first-order valence-corrected chi connectivity index (χ1v) is 6.70. The van der Waals surface area contributed by atoms with Gasteiger partial charge in [0.15, 0.2) is 0 Å². The Morgan fingerprint density at radius 2 is 2.00 bits per heavy atom. The molecule has 3 unspecified atom stereocenters. The molecule has 94 valence electrons. The van der Waals surface area contributed by atoms with Crippen LogP contribution < -0.4 is 11.1 Å². The van der Waals surface area contributed by atoms with Gasteiger partial charge in [0, 0.05) is 6.04 Å². The van der Waals surface area contributed by atoms with Crippen molar-refractivity contribution < 1.29 is 0 Å². The molecule has 1 saturated carbocycles. The maximum absolute atomic E-state index is 6.02. The number of nitrogen functional groups attached to an aromatic ring is 1. The van der Waals surface area contributed by atoms with E-state index in [1.165, 1.54) is 24.8 Å². The Kier molecular flexibility index (Phi) is 3.60. The fraction of sp³-hybridized carbons (Fsp3) is 0.600. The second-order valence-corrected chi connectivity index (χ2v) is 5.61. The molecule has 0 spiro atoms. The van der Waals surface area contributed by atoms with Gasteiger partial charge >= 0.3 is 0 Å². The van der Waals surface area contributed by atoms with E-state index in [1.807, 2.05) is 6.07 Å². The Hall–Kier alpha value is -1.18. The van der Waals surface area contributed by atoms with Crippen LogP contribution in [0.15, 0.2) is 18.2 Å². The predicted molar refractivity (Wildman–Crippen MR) is 75.2 cm³/mol. The van der Waals surface area contributed by atoms with Crippen molar-refractivity contribution >= 4 is 11.4 Å². The van der Waals surface area contributed by atoms with Crippen molar-refractivity contribution in [2.45, 2.75) is 46.1 Å². The lowest BCUT2D eigenvalue weighted by Gasteiger charge is -2.35. The molecule has 0 aliphatic heterocycles. The highest BCUT2D eigenvalue weighted by molar-refractivity contribution is 5.67. The Morgan fingerprint density at radius 1 is 1.24 bits per heavy atom. The lowest BCUT2D eigenvalue weighted by molar-refractivity contribution is 0.253. The zero-order valence-electron chi connectivity index (χ0n) is 11.2. The van der Waals surface area contributed by atoms with Crippen LogP contribution in [0.3, 0.4) is 0 Å². The maximum Gasteiger partial charge on any atom is 0.0578 e. The molecule has 3 N–H and O–H groups in total. The van der Waals surface area contributed by atoms with Gasteiger partial charge in [-0.15, -0.1) is 0 Å². The fourth-order valence-corrected chi connectivity index (χ4v) is 2.78. The van der Waals surface area contributed by atoms with Crippen LogP contribution >= 0.6 is 0 Å². The summed E-state index contributed by atoms with van der Waals surface area (Å²) in [5, 5.41) is 3.65.